The first kappa shape index (κ1) is 12.6. The summed E-state index contributed by atoms with van der Waals surface area (Å²) in [5.74, 6) is 1.77. The minimum absolute atomic E-state index is 0.282. The quantitative estimate of drug-likeness (QED) is 0.941. The monoisotopic (exact) mass is 322 g/mol. The summed E-state index contributed by atoms with van der Waals surface area (Å²) in [7, 11) is 1.87. The van der Waals surface area contributed by atoms with Gasteiger partial charge in [-0.3, -0.25) is 4.68 Å². The molecule has 0 bridgehead atoms. The molecule has 6 heteroatoms. The molecule has 0 saturated heterocycles. The van der Waals surface area contributed by atoms with Crippen LogP contribution >= 0.6 is 15.9 Å². The van der Waals surface area contributed by atoms with Gasteiger partial charge in [0.05, 0.1) is 13.2 Å². The number of aromatic nitrogens is 3. The van der Waals surface area contributed by atoms with Crippen molar-refractivity contribution in [2.24, 2.45) is 7.05 Å². The van der Waals surface area contributed by atoms with Crippen LogP contribution in [0.5, 0.6) is 5.75 Å². The molecule has 5 nitrogen and oxygen atoms in total. The van der Waals surface area contributed by atoms with E-state index in [2.05, 4.69) is 37.4 Å². The number of hydrogen-bond acceptors (Lipinski definition) is 4. The highest BCUT2D eigenvalue weighted by Gasteiger charge is 2.21. The molecule has 1 N–H and O–H groups in total. The molecule has 0 radical (unpaired) electrons. The number of hydrogen-bond donors (Lipinski definition) is 1. The molecule has 0 spiro atoms. The Hall–Kier alpha value is -1.40. The molecule has 1 aliphatic rings. The van der Waals surface area contributed by atoms with E-state index in [0.717, 1.165) is 29.1 Å². The summed E-state index contributed by atoms with van der Waals surface area (Å²) in [6, 6.07) is 6.40. The zero-order valence-corrected chi connectivity index (χ0v) is 12.2. The fraction of sp³-hybridized carbons (Fsp3) is 0.385. The van der Waals surface area contributed by atoms with Crippen molar-refractivity contribution in [2.75, 3.05) is 6.61 Å². The average molecular weight is 323 g/mol. The van der Waals surface area contributed by atoms with Crippen LogP contribution in [0.25, 0.3) is 0 Å². The minimum Gasteiger partial charge on any atom is -0.493 e. The second-order valence-corrected chi connectivity index (χ2v) is 5.50. The number of halogens is 1. The molecule has 100 valence electrons. The first-order chi connectivity index (χ1) is 9.22. The molecule has 1 aromatic heterocycles. The van der Waals surface area contributed by atoms with E-state index < -0.39 is 0 Å². The Labute approximate surface area is 120 Å². The lowest BCUT2D eigenvalue weighted by Gasteiger charge is -2.26. The highest BCUT2D eigenvalue weighted by atomic mass is 79.9. The first-order valence-corrected chi connectivity index (χ1v) is 7.02. The highest BCUT2D eigenvalue weighted by Crippen LogP contribution is 2.34. The minimum atomic E-state index is 0.282. The molecule has 0 fully saturated rings. The Morgan fingerprint density at radius 1 is 1.53 bits per heavy atom. The van der Waals surface area contributed by atoms with Gasteiger partial charge in [-0.15, -0.1) is 0 Å². The number of fused-ring (bicyclic) bond motifs is 1. The van der Waals surface area contributed by atoms with Crippen LogP contribution in [0.3, 0.4) is 0 Å². The molecule has 1 aliphatic heterocycles. The van der Waals surface area contributed by atoms with E-state index in [0.29, 0.717) is 6.54 Å². The molecule has 0 amide bonds. The Morgan fingerprint density at radius 2 is 2.42 bits per heavy atom. The molecule has 0 aliphatic carbocycles. The number of rotatable bonds is 3. The summed E-state index contributed by atoms with van der Waals surface area (Å²) in [6.07, 6.45) is 2.67. The highest BCUT2D eigenvalue weighted by molar-refractivity contribution is 9.10. The molecule has 2 aromatic rings. The van der Waals surface area contributed by atoms with Crippen LogP contribution in [-0.4, -0.2) is 21.4 Å². The Bertz CT molecular complexity index is 584. The fourth-order valence-corrected chi connectivity index (χ4v) is 2.64. The number of nitrogens with zero attached hydrogens (tertiary/aromatic N) is 3. The third-order valence-corrected chi connectivity index (χ3v) is 3.66. The Kier molecular flexibility index (Phi) is 3.52. The van der Waals surface area contributed by atoms with E-state index in [1.54, 1.807) is 11.0 Å². The molecule has 1 aromatic carbocycles. The van der Waals surface area contributed by atoms with Gasteiger partial charge in [-0.2, -0.15) is 5.10 Å². The predicted octanol–water partition coefficient (Wildman–Crippen LogP) is 2.19. The van der Waals surface area contributed by atoms with E-state index in [-0.39, 0.29) is 6.04 Å². The van der Waals surface area contributed by atoms with Crippen LogP contribution < -0.4 is 10.1 Å². The van der Waals surface area contributed by atoms with E-state index in [9.17, 15) is 0 Å². The zero-order chi connectivity index (χ0) is 13.2. The number of ether oxygens (including phenoxy) is 1. The van der Waals surface area contributed by atoms with Crippen LogP contribution in [0.1, 0.15) is 23.9 Å². The van der Waals surface area contributed by atoms with Gasteiger partial charge in [-0.1, -0.05) is 15.9 Å². The number of aryl methyl sites for hydroxylation is 1. The van der Waals surface area contributed by atoms with Crippen molar-refractivity contribution < 1.29 is 4.74 Å². The van der Waals surface area contributed by atoms with Crippen molar-refractivity contribution in [3.8, 4) is 5.75 Å². The summed E-state index contributed by atoms with van der Waals surface area (Å²) < 4.78 is 8.45. The maximum Gasteiger partial charge on any atom is 0.164 e. The third kappa shape index (κ3) is 2.79. The van der Waals surface area contributed by atoms with Gasteiger partial charge in [0, 0.05) is 29.5 Å². The number of nitrogens with one attached hydrogen (secondary N) is 1. The molecular formula is C13H15BrN4O. The maximum absolute atomic E-state index is 5.67. The van der Waals surface area contributed by atoms with Gasteiger partial charge >= 0.3 is 0 Å². The van der Waals surface area contributed by atoms with Gasteiger partial charge in [0.2, 0.25) is 0 Å². The zero-order valence-electron chi connectivity index (χ0n) is 10.6. The maximum atomic E-state index is 5.67. The molecule has 3 rings (SSSR count). The lowest BCUT2D eigenvalue weighted by Crippen LogP contribution is -2.27. The van der Waals surface area contributed by atoms with E-state index >= 15 is 0 Å². The van der Waals surface area contributed by atoms with Crippen molar-refractivity contribution in [1.29, 1.82) is 0 Å². The van der Waals surface area contributed by atoms with Crippen molar-refractivity contribution in [3.63, 3.8) is 0 Å². The van der Waals surface area contributed by atoms with Crippen molar-refractivity contribution in [1.82, 2.24) is 20.1 Å². The van der Waals surface area contributed by atoms with Crippen LogP contribution in [0.2, 0.25) is 0 Å². The fourth-order valence-electron chi connectivity index (χ4n) is 2.26. The molecule has 0 saturated carbocycles. The first-order valence-electron chi connectivity index (χ1n) is 6.22. The van der Waals surface area contributed by atoms with Crippen LogP contribution in [0.4, 0.5) is 0 Å². The molecule has 1 atom stereocenters. The summed E-state index contributed by atoms with van der Waals surface area (Å²) in [5, 5.41) is 7.77. The standard InChI is InChI=1S/C13H15BrN4O/c1-18-8-16-13(17-18)7-15-11-4-5-19-12-3-2-9(14)6-10(11)12/h2-3,6,8,11,15H,4-5,7H2,1H3. The average Bonchev–Trinajstić information content (AvgIpc) is 2.82. The third-order valence-electron chi connectivity index (χ3n) is 3.16. The molecule has 1 unspecified atom stereocenters. The number of benzene rings is 1. The lowest BCUT2D eigenvalue weighted by atomic mass is 10.0. The van der Waals surface area contributed by atoms with Crippen LogP contribution in [0.15, 0.2) is 29.0 Å². The summed E-state index contributed by atoms with van der Waals surface area (Å²) in [4.78, 5) is 4.22. The van der Waals surface area contributed by atoms with Crippen molar-refractivity contribution in [2.45, 2.75) is 19.0 Å². The van der Waals surface area contributed by atoms with E-state index in [4.69, 9.17) is 4.74 Å². The molecule has 2 heterocycles. The SMILES string of the molecule is Cn1cnc(CNC2CCOc3ccc(Br)cc32)n1. The second kappa shape index (κ2) is 5.30. The van der Waals surface area contributed by atoms with E-state index in [1.807, 2.05) is 19.2 Å². The molecular weight excluding hydrogens is 308 g/mol. The predicted molar refractivity (Wildman–Crippen MR) is 74.8 cm³/mol. The van der Waals surface area contributed by atoms with Gasteiger partial charge < -0.3 is 10.1 Å². The summed E-state index contributed by atoms with van der Waals surface area (Å²) >= 11 is 3.51. The largest absolute Gasteiger partial charge is 0.493 e. The molecule has 19 heavy (non-hydrogen) atoms. The van der Waals surface area contributed by atoms with Crippen molar-refractivity contribution in [3.05, 3.63) is 40.4 Å². The summed E-state index contributed by atoms with van der Waals surface area (Å²) in [6.45, 7) is 1.40. The van der Waals surface area contributed by atoms with Gasteiger partial charge in [-0.25, -0.2) is 4.98 Å². The van der Waals surface area contributed by atoms with Gasteiger partial charge in [0.1, 0.15) is 12.1 Å². The van der Waals surface area contributed by atoms with Crippen LogP contribution in [-0.2, 0) is 13.6 Å². The normalized spacial score (nSPS) is 17.9. The second-order valence-electron chi connectivity index (χ2n) is 4.59. The Balaban J connectivity index is 1.74. The Morgan fingerprint density at radius 3 is 3.21 bits per heavy atom. The van der Waals surface area contributed by atoms with Crippen molar-refractivity contribution >= 4 is 15.9 Å². The lowest BCUT2D eigenvalue weighted by molar-refractivity contribution is 0.251. The van der Waals surface area contributed by atoms with E-state index in [1.165, 1.54) is 5.56 Å². The summed E-state index contributed by atoms with van der Waals surface area (Å²) in [5.41, 5.74) is 1.19. The van der Waals surface area contributed by atoms with Gasteiger partial charge in [0.15, 0.2) is 5.82 Å². The van der Waals surface area contributed by atoms with Crippen LogP contribution in [0, 0.1) is 0 Å². The van der Waals surface area contributed by atoms with Gasteiger partial charge in [-0.05, 0) is 18.2 Å². The smallest absolute Gasteiger partial charge is 0.164 e. The topological polar surface area (TPSA) is 52.0 Å². The van der Waals surface area contributed by atoms with Gasteiger partial charge in [0.25, 0.3) is 0 Å².